The number of aromatic nitrogens is 4. The summed E-state index contributed by atoms with van der Waals surface area (Å²) in [5, 5.41) is 36.5. The Bertz CT molecular complexity index is 3030. The van der Waals surface area contributed by atoms with Gasteiger partial charge in [0.05, 0.1) is 49.2 Å². The maximum Gasteiger partial charge on any atom is 0.303 e. The normalized spacial score (nSPS) is 11.6. The first-order valence-corrected chi connectivity index (χ1v) is 24.9. The first-order chi connectivity index (χ1) is 36.9. The summed E-state index contributed by atoms with van der Waals surface area (Å²) in [6, 6.07) is 38.5. The largest absolute Gasteiger partial charge is 0.494 e. The number of aromatic amines is 2. The molecule has 16 nitrogen and oxygen atoms in total. The van der Waals surface area contributed by atoms with Crippen molar-refractivity contribution in [1.82, 2.24) is 19.9 Å². The molecule has 0 spiro atoms. The Balaban J connectivity index is 1.25. The zero-order chi connectivity index (χ0) is 53.0. The minimum absolute atomic E-state index is 0.00152. The molecule has 0 atom stereocenters. The number of carboxylic acid groups (broad SMARTS) is 4. The van der Waals surface area contributed by atoms with Gasteiger partial charge >= 0.3 is 23.9 Å². The van der Waals surface area contributed by atoms with Crippen molar-refractivity contribution in [3.05, 3.63) is 144 Å². The first kappa shape index (κ1) is 51.5. The second-order valence-corrected chi connectivity index (χ2v) is 18.0. The van der Waals surface area contributed by atoms with Crippen LogP contribution in [0.1, 0.15) is 74.1 Å². The predicted molar refractivity (Wildman–Crippen MR) is 290 cm³/mol. The predicted octanol–water partition coefficient (Wildman–Crippen LogP) is 12.3. The molecule has 0 unspecified atom stereocenters. The van der Waals surface area contributed by atoms with E-state index in [1.807, 2.05) is 146 Å². The Hall–Kier alpha value is -9.44. The molecule has 0 aliphatic carbocycles. The molecule has 9 rings (SSSR count). The van der Waals surface area contributed by atoms with E-state index in [1.54, 1.807) is 0 Å². The van der Waals surface area contributed by atoms with E-state index < -0.39 is 23.9 Å². The molecule has 0 radical (unpaired) electrons. The van der Waals surface area contributed by atoms with Gasteiger partial charge < -0.3 is 49.3 Å². The summed E-state index contributed by atoms with van der Waals surface area (Å²) in [6.07, 6.45) is 9.40. The Morgan fingerprint density at radius 2 is 0.539 bits per heavy atom. The fourth-order valence-corrected chi connectivity index (χ4v) is 8.95. The van der Waals surface area contributed by atoms with E-state index in [0.29, 0.717) is 71.5 Å². The molecule has 2 aliphatic heterocycles. The molecule has 3 aromatic heterocycles. The second kappa shape index (κ2) is 24.1. The van der Waals surface area contributed by atoms with Gasteiger partial charge in [0.15, 0.2) is 0 Å². The highest BCUT2D eigenvalue weighted by molar-refractivity contribution is 6.00. The lowest BCUT2D eigenvalue weighted by atomic mass is 10.0. The number of carboxylic acids is 4. The minimum atomic E-state index is -0.883. The van der Waals surface area contributed by atoms with E-state index in [-0.39, 0.29) is 52.1 Å². The number of fused-ring (bicyclic) bond motifs is 8. The molecule has 0 saturated heterocycles. The van der Waals surface area contributed by atoms with Crippen molar-refractivity contribution in [3.8, 4) is 67.5 Å². The molecule has 76 heavy (non-hydrogen) atoms. The summed E-state index contributed by atoms with van der Waals surface area (Å²) < 4.78 is 23.7. The topological polar surface area (TPSA) is 243 Å². The lowest BCUT2D eigenvalue weighted by Crippen LogP contribution is -2.02. The number of hydrogen-bond acceptors (Lipinski definition) is 10. The molecule has 4 aromatic carbocycles. The lowest BCUT2D eigenvalue weighted by Gasteiger charge is -2.10. The van der Waals surface area contributed by atoms with Gasteiger partial charge in [-0.15, -0.1) is 0 Å². The van der Waals surface area contributed by atoms with E-state index >= 15 is 0 Å². The average molecular weight is 1020 g/mol. The van der Waals surface area contributed by atoms with Crippen LogP contribution in [0.25, 0.3) is 90.9 Å². The Kier molecular flexibility index (Phi) is 16.3. The molecule has 6 N–H and O–H groups in total. The molecule has 16 heteroatoms. The van der Waals surface area contributed by atoms with Crippen molar-refractivity contribution in [2.75, 3.05) is 26.4 Å². The van der Waals surface area contributed by atoms with E-state index in [4.69, 9.17) is 49.3 Å². The summed E-state index contributed by atoms with van der Waals surface area (Å²) in [4.78, 5) is 62.8. The van der Waals surface area contributed by atoms with Crippen LogP contribution in [0, 0.1) is 0 Å². The third-order valence-corrected chi connectivity index (χ3v) is 12.5. The molecule has 0 fully saturated rings. The van der Waals surface area contributed by atoms with Gasteiger partial charge in [0, 0.05) is 70.0 Å². The number of carbonyl (C=O) groups is 4. The third kappa shape index (κ3) is 12.8. The molecule has 386 valence electrons. The zero-order valence-electron chi connectivity index (χ0n) is 41.3. The van der Waals surface area contributed by atoms with E-state index in [0.717, 1.165) is 66.6 Å². The van der Waals surface area contributed by atoms with Crippen LogP contribution >= 0.6 is 0 Å². The number of nitrogens with one attached hydrogen (secondary N) is 2. The maximum atomic E-state index is 11.1. The highest BCUT2D eigenvalue weighted by Gasteiger charge is 2.20. The van der Waals surface area contributed by atoms with Crippen LogP contribution < -0.4 is 18.9 Å². The monoisotopic (exact) mass is 1020 g/mol. The average Bonchev–Trinajstić information content (AvgIpc) is 4.30. The Morgan fingerprint density at radius 3 is 0.737 bits per heavy atom. The molecule has 0 saturated carbocycles. The van der Waals surface area contributed by atoms with E-state index in [9.17, 15) is 19.2 Å². The van der Waals surface area contributed by atoms with Gasteiger partial charge in [-0.3, -0.25) is 19.2 Å². The summed E-state index contributed by atoms with van der Waals surface area (Å²) in [6.45, 7) is 0.995. The molecule has 0 amide bonds. The van der Waals surface area contributed by atoms with Crippen LogP contribution in [-0.4, -0.2) is 90.7 Å². The van der Waals surface area contributed by atoms with Crippen LogP contribution in [0.2, 0.25) is 0 Å². The van der Waals surface area contributed by atoms with Crippen molar-refractivity contribution in [2.45, 2.75) is 51.4 Å². The van der Waals surface area contributed by atoms with Crippen LogP contribution in [0.5, 0.6) is 23.0 Å². The van der Waals surface area contributed by atoms with Gasteiger partial charge in [-0.25, -0.2) is 9.97 Å². The van der Waals surface area contributed by atoms with Crippen LogP contribution in [-0.2, 0) is 19.2 Å². The number of benzene rings is 4. The van der Waals surface area contributed by atoms with Gasteiger partial charge in [-0.1, -0.05) is 48.5 Å². The summed E-state index contributed by atoms with van der Waals surface area (Å²) in [7, 11) is 0. The molecule has 8 bridgehead atoms. The molecule has 7 aromatic rings. The number of ether oxygens (including phenoxy) is 4. The van der Waals surface area contributed by atoms with Crippen molar-refractivity contribution in [2.24, 2.45) is 0 Å². The number of rotatable bonds is 24. The minimum Gasteiger partial charge on any atom is -0.494 e. The van der Waals surface area contributed by atoms with Crippen molar-refractivity contribution in [1.29, 1.82) is 0 Å². The fraction of sp³-hybridized carbons (Fsp3) is 0.200. The van der Waals surface area contributed by atoms with Gasteiger partial charge in [-0.05, 0) is 145 Å². The van der Waals surface area contributed by atoms with Crippen LogP contribution in [0.4, 0.5) is 0 Å². The highest BCUT2D eigenvalue weighted by Crippen LogP contribution is 2.39. The summed E-state index contributed by atoms with van der Waals surface area (Å²) in [5.74, 6) is -1.16. The third-order valence-electron chi connectivity index (χ3n) is 12.5. The number of nitrogens with zero attached hydrogens (tertiary/aromatic N) is 2. The summed E-state index contributed by atoms with van der Waals surface area (Å²) in [5.41, 5.74) is 12.2. The van der Waals surface area contributed by atoms with Gasteiger partial charge in [0.25, 0.3) is 0 Å². The Morgan fingerprint density at radius 1 is 0.329 bits per heavy atom. The van der Waals surface area contributed by atoms with Crippen molar-refractivity contribution in [3.63, 3.8) is 0 Å². The molecule has 5 heterocycles. The second-order valence-electron chi connectivity index (χ2n) is 18.0. The zero-order valence-corrected chi connectivity index (χ0v) is 41.3. The first-order valence-electron chi connectivity index (χ1n) is 24.9. The molecule has 2 aliphatic rings. The quantitative estimate of drug-likeness (QED) is 0.0309. The van der Waals surface area contributed by atoms with E-state index in [2.05, 4.69) is 9.97 Å². The molecular formula is C60H54N4O12. The Labute approximate surface area is 436 Å². The van der Waals surface area contributed by atoms with Crippen molar-refractivity contribution < 1.29 is 58.6 Å². The lowest BCUT2D eigenvalue weighted by molar-refractivity contribution is -0.138. The highest BCUT2D eigenvalue weighted by atomic mass is 16.5. The van der Waals surface area contributed by atoms with Crippen LogP contribution in [0.3, 0.4) is 0 Å². The standard InChI is InChI=1S/C60H54N4O12/c65-53(66)5-1-33-73-41-17-9-37(10-18-41)57-45-25-27-47(61-45)58(38-11-19-42(20-12-38)74-34-2-6-54(67)68)49-29-31-51(63-49)60(40-15-23-44(24-16-40)76-36-4-8-56(71)72)52-32-30-50(64-52)59(48-28-26-46(57)62-48)39-13-21-43(22-14-39)75-35-3-7-55(69)70/h9-32,61,64H,1-8,33-36H2,(H,65,66)(H,67,68)(H,69,70)(H,71,72). The van der Waals surface area contributed by atoms with Gasteiger partial charge in [0.1, 0.15) is 23.0 Å². The number of hydrogen-bond donors (Lipinski definition) is 6. The number of H-pyrrole nitrogens is 2. The van der Waals surface area contributed by atoms with Gasteiger partial charge in [-0.2, -0.15) is 0 Å². The van der Waals surface area contributed by atoms with Gasteiger partial charge in [0.2, 0.25) is 0 Å². The van der Waals surface area contributed by atoms with E-state index in [1.165, 1.54) is 0 Å². The van der Waals surface area contributed by atoms with Crippen LogP contribution in [0.15, 0.2) is 121 Å². The van der Waals surface area contributed by atoms with Crippen molar-refractivity contribution >= 4 is 70.2 Å². The summed E-state index contributed by atoms with van der Waals surface area (Å²) >= 11 is 0. The maximum absolute atomic E-state index is 11.1. The SMILES string of the molecule is O=C(O)CCCOc1ccc(-c2c3nc(c(-c4ccc(OCCCC(=O)O)cc4)c4ccc([nH]4)c(-c4ccc(OCCCC(=O)O)cc4)c4nc(c(-c5ccc(OCCCC(=O)O)cc5)c5ccc2[nH]5)C=C4)C=C3)cc1. The number of aliphatic carboxylic acids is 4. The smallest absolute Gasteiger partial charge is 0.303 e. The molecular weight excluding hydrogens is 969 g/mol. The fourth-order valence-electron chi connectivity index (χ4n) is 8.95.